The van der Waals surface area contributed by atoms with E-state index in [9.17, 15) is 9.59 Å². The third kappa shape index (κ3) is 2.40. The second-order valence-electron chi connectivity index (χ2n) is 6.43. The van der Waals surface area contributed by atoms with Crippen molar-refractivity contribution < 1.29 is 23.8 Å². The van der Waals surface area contributed by atoms with Crippen molar-refractivity contribution in [2.24, 2.45) is 11.8 Å². The standard InChI is InChI=1S/C18H18O5/c1-10-6-16(23-17(10)19)21-9-15-13-7-11-4-2-3-5-12(11)14(13)8-22-18(15)20/h2-5,9-10,13-14,16H,6-8H2,1H3/b15-9+/t10?,13-,14?,16+/m1/s1. The number of cyclic esters (lactones) is 2. The highest BCUT2D eigenvalue weighted by Gasteiger charge is 2.42. The number of hydrogen-bond donors (Lipinski definition) is 0. The highest BCUT2D eigenvalue weighted by molar-refractivity contribution is 5.90. The summed E-state index contributed by atoms with van der Waals surface area (Å²) in [6.45, 7) is 2.21. The van der Waals surface area contributed by atoms with Crippen LogP contribution in [0.5, 0.6) is 0 Å². The Bertz CT molecular complexity index is 692. The fraction of sp³-hybridized carbons (Fsp3) is 0.444. The molecule has 1 aromatic carbocycles. The molecule has 23 heavy (non-hydrogen) atoms. The lowest BCUT2D eigenvalue weighted by Gasteiger charge is -2.27. The fourth-order valence-corrected chi connectivity index (χ4v) is 3.66. The molecule has 0 spiro atoms. The van der Waals surface area contributed by atoms with Crippen LogP contribution in [0.4, 0.5) is 0 Å². The highest BCUT2D eigenvalue weighted by Crippen LogP contribution is 2.44. The molecule has 4 rings (SSSR count). The van der Waals surface area contributed by atoms with E-state index in [4.69, 9.17) is 14.2 Å². The van der Waals surface area contributed by atoms with Gasteiger partial charge in [-0.2, -0.15) is 0 Å². The van der Waals surface area contributed by atoms with Crippen molar-refractivity contribution in [3.05, 3.63) is 47.2 Å². The van der Waals surface area contributed by atoms with Crippen LogP contribution in [-0.4, -0.2) is 24.8 Å². The molecule has 0 bridgehead atoms. The fourth-order valence-electron chi connectivity index (χ4n) is 3.66. The van der Waals surface area contributed by atoms with Crippen molar-refractivity contribution in [2.75, 3.05) is 6.61 Å². The number of fused-ring (bicyclic) bond motifs is 3. The van der Waals surface area contributed by atoms with Gasteiger partial charge in [0.15, 0.2) is 0 Å². The van der Waals surface area contributed by atoms with Crippen molar-refractivity contribution in [2.45, 2.75) is 32.0 Å². The predicted molar refractivity (Wildman–Crippen MR) is 80.2 cm³/mol. The molecule has 0 N–H and O–H groups in total. The molecular formula is C18H18O5. The van der Waals surface area contributed by atoms with Crippen LogP contribution in [0.1, 0.15) is 30.4 Å². The second kappa shape index (κ2) is 5.41. The lowest BCUT2D eigenvalue weighted by atomic mass is 9.85. The van der Waals surface area contributed by atoms with Gasteiger partial charge in [-0.3, -0.25) is 4.79 Å². The molecule has 2 fully saturated rings. The largest absolute Gasteiger partial charge is 0.462 e. The van der Waals surface area contributed by atoms with Gasteiger partial charge < -0.3 is 14.2 Å². The van der Waals surface area contributed by atoms with Crippen molar-refractivity contribution in [1.29, 1.82) is 0 Å². The Morgan fingerprint density at radius 2 is 2.04 bits per heavy atom. The SMILES string of the molecule is CC1C[C@@H](O/C=C2/C(=O)OCC3c4ccccc4C[C@@H]23)OC1=O. The summed E-state index contributed by atoms with van der Waals surface area (Å²) in [7, 11) is 0. The number of rotatable bonds is 2. The average Bonchev–Trinajstić information content (AvgIpc) is 3.06. The molecule has 1 aliphatic carbocycles. The lowest BCUT2D eigenvalue weighted by Crippen LogP contribution is -2.30. The van der Waals surface area contributed by atoms with E-state index in [1.165, 1.54) is 17.4 Å². The summed E-state index contributed by atoms with van der Waals surface area (Å²) in [6.07, 6.45) is 2.15. The summed E-state index contributed by atoms with van der Waals surface area (Å²) in [5, 5.41) is 0. The van der Waals surface area contributed by atoms with Gasteiger partial charge in [0, 0.05) is 18.3 Å². The van der Waals surface area contributed by atoms with Crippen LogP contribution in [0.3, 0.4) is 0 Å². The van der Waals surface area contributed by atoms with Crippen LogP contribution in [0.2, 0.25) is 0 Å². The Balaban J connectivity index is 1.55. The van der Waals surface area contributed by atoms with E-state index in [-0.39, 0.29) is 29.7 Å². The third-order valence-corrected chi connectivity index (χ3v) is 4.95. The third-order valence-electron chi connectivity index (χ3n) is 4.95. The summed E-state index contributed by atoms with van der Waals surface area (Å²) in [4.78, 5) is 23.6. The highest BCUT2D eigenvalue weighted by atomic mass is 16.7. The monoisotopic (exact) mass is 314 g/mol. The number of esters is 2. The first-order valence-electron chi connectivity index (χ1n) is 7.94. The van der Waals surface area contributed by atoms with E-state index in [0.29, 0.717) is 18.6 Å². The van der Waals surface area contributed by atoms with Gasteiger partial charge in [-0.25, -0.2) is 4.79 Å². The van der Waals surface area contributed by atoms with Gasteiger partial charge in [-0.05, 0) is 17.5 Å². The molecule has 5 nitrogen and oxygen atoms in total. The van der Waals surface area contributed by atoms with Gasteiger partial charge >= 0.3 is 11.9 Å². The maximum Gasteiger partial charge on any atom is 0.337 e. The smallest absolute Gasteiger partial charge is 0.337 e. The Morgan fingerprint density at radius 3 is 2.83 bits per heavy atom. The van der Waals surface area contributed by atoms with Gasteiger partial charge in [0.2, 0.25) is 6.29 Å². The summed E-state index contributed by atoms with van der Waals surface area (Å²) in [5.41, 5.74) is 3.04. The first-order chi connectivity index (χ1) is 11.1. The first kappa shape index (κ1) is 14.3. The number of benzene rings is 1. The Labute approximate surface area is 134 Å². The van der Waals surface area contributed by atoms with Gasteiger partial charge in [-0.1, -0.05) is 31.2 Å². The quantitative estimate of drug-likeness (QED) is 0.476. The van der Waals surface area contributed by atoms with Crippen molar-refractivity contribution in [1.82, 2.24) is 0 Å². The Kier molecular flexibility index (Phi) is 3.36. The van der Waals surface area contributed by atoms with Crippen LogP contribution in [0.15, 0.2) is 36.1 Å². The molecule has 3 aliphatic rings. The molecule has 0 saturated carbocycles. The number of ether oxygens (including phenoxy) is 3. The minimum Gasteiger partial charge on any atom is -0.462 e. The molecule has 5 heteroatoms. The van der Waals surface area contributed by atoms with Gasteiger partial charge in [0.25, 0.3) is 0 Å². The molecule has 2 aliphatic heterocycles. The minimum absolute atomic E-state index is 0.0724. The van der Waals surface area contributed by atoms with E-state index in [1.807, 2.05) is 12.1 Å². The van der Waals surface area contributed by atoms with Crippen molar-refractivity contribution in [3.63, 3.8) is 0 Å². The summed E-state index contributed by atoms with van der Waals surface area (Å²) < 4.78 is 16.0. The molecule has 1 aromatic rings. The Hall–Kier alpha value is -2.30. The first-order valence-corrected chi connectivity index (χ1v) is 7.94. The van der Waals surface area contributed by atoms with Crippen LogP contribution in [0, 0.1) is 11.8 Å². The maximum atomic E-state index is 12.1. The topological polar surface area (TPSA) is 61.8 Å². The molecule has 120 valence electrons. The summed E-state index contributed by atoms with van der Waals surface area (Å²) in [6, 6.07) is 8.21. The molecule has 0 aromatic heterocycles. The van der Waals surface area contributed by atoms with Crippen LogP contribution < -0.4 is 0 Å². The molecule has 4 atom stereocenters. The van der Waals surface area contributed by atoms with Gasteiger partial charge in [-0.15, -0.1) is 0 Å². The zero-order chi connectivity index (χ0) is 16.0. The molecule has 2 unspecified atom stereocenters. The molecular weight excluding hydrogens is 296 g/mol. The summed E-state index contributed by atoms with van der Waals surface area (Å²) >= 11 is 0. The molecule has 2 saturated heterocycles. The van der Waals surface area contributed by atoms with Crippen LogP contribution >= 0.6 is 0 Å². The predicted octanol–water partition coefficient (Wildman–Crippen LogP) is 2.31. The van der Waals surface area contributed by atoms with E-state index in [0.717, 1.165) is 6.42 Å². The lowest BCUT2D eigenvalue weighted by molar-refractivity contribution is -0.156. The summed E-state index contributed by atoms with van der Waals surface area (Å²) in [5.74, 6) is -0.505. The number of hydrogen-bond acceptors (Lipinski definition) is 5. The van der Waals surface area contributed by atoms with E-state index >= 15 is 0 Å². The van der Waals surface area contributed by atoms with Gasteiger partial charge in [0.05, 0.1) is 24.4 Å². The normalized spacial score (nSPS) is 33.9. The van der Waals surface area contributed by atoms with Crippen LogP contribution in [-0.2, 0) is 30.2 Å². The molecule has 0 radical (unpaired) electrons. The van der Waals surface area contributed by atoms with Gasteiger partial charge in [0.1, 0.15) is 0 Å². The molecule has 2 heterocycles. The maximum absolute atomic E-state index is 12.1. The minimum atomic E-state index is -0.609. The van der Waals surface area contributed by atoms with E-state index in [1.54, 1.807) is 6.92 Å². The van der Waals surface area contributed by atoms with Crippen molar-refractivity contribution in [3.8, 4) is 0 Å². The van der Waals surface area contributed by atoms with E-state index < -0.39 is 6.29 Å². The Morgan fingerprint density at radius 1 is 1.22 bits per heavy atom. The molecule has 0 amide bonds. The number of carbonyl (C=O) groups excluding carboxylic acids is 2. The average molecular weight is 314 g/mol. The van der Waals surface area contributed by atoms with Crippen LogP contribution in [0.25, 0.3) is 0 Å². The zero-order valence-electron chi connectivity index (χ0n) is 12.9. The van der Waals surface area contributed by atoms with Crippen molar-refractivity contribution >= 4 is 11.9 Å². The number of carbonyl (C=O) groups is 2. The second-order valence-corrected chi connectivity index (χ2v) is 6.43. The zero-order valence-corrected chi connectivity index (χ0v) is 12.9. The van der Waals surface area contributed by atoms with E-state index in [2.05, 4.69) is 12.1 Å².